The van der Waals surface area contributed by atoms with E-state index in [-0.39, 0.29) is 12.5 Å². The van der Waals surface area contributed by atoms with E-state index in [2.05, 4.69) is 12.2 Å². The minimum absolute atomic E-state index is 0.351. The molecule has 1 rings (SSSR count). The average Bonchev–Trinajstić information content (AvgIpc) is 2.53. The Bertz CT molecular complexity index is 370. The number of hydrogen-bond donors (Lipinski definition) is 2. The van der Waals surface area contributed by atoms with Crippen molar-refractivity contribution in [2.75, 3.05) is 6.54 Å². The SMILES string of the molecule is CCCCCCC[C@@]1(C)NC(=O)N(CC(N)=O)C1=O. The first-order chi connectivity index (χ1) is 8.90. The molecule has 0 aromatic carbocycles. The summed E-state index contributed by atoms with van der Waals surface area (Å²) in [5.41, 5.74) is 4.14. The number of hydrogen-bond acceptors (Lipinski definition) is 3. The van der Waals surface area contributed by atoms with Crippen molar-refractivity contribution in [3.05, 3.63) is 0 Å². The average molecular weight is 269 g/mol. The highest BCUT2D eigenvalue weighted by molar-refractivity contribution is 6.08. The van der Waals surface area contributed by atoms with Crippen LogP contribution in [-0.2, 0) is 9.59 Å². The van der Waals surface area contributed by atoms with E-state index in [9.17, 15) is 14.4 Å². The van der Waals surface area contributed by atoms with Crippen molar-refractivity contribution < 1.29 is 14.4 Å². The van der Waals surface area contributed by atoms with Crippen LogP contribution in [0.3, 0.4) is 0 Å². The molecule has 1 heterocycles. The van der Waals surface area contributed by atoms with Crippen molar-refractivity contribution in [1.82, 2.24) is 10.2 Å². The van der Waals surface area contributed by atoms with Gasteiger partial charge in [0.05, 0.1) is 0 Å². The lowest BCUT2D eigenvalue weighted by atomic mass is 9.94. The van der Waals surface area contributed by atoms with Crippen LogP contribution in [0.4, 0.5) is 4.79 Å². The van der Waals surface area contributed by atoms with Crippen LogP contribution < -0.4 is 11.1 Å². The van der Waals surface area contributed by atoms with E-state index >= 15 is 0 Å². The molecule has 0 saturated carbocycles. The number of primary amides is 1. The summed E-state index contributed by atoms with van der Waals surface area (Å²) in [4.78, 5) is 35.5. The van der Waals surface area contributed by atoms with Crippen LogP contribution in [0.2, 0.25) is 0 Å². The molecule has 0 aromatic heterocycles. The highest BCUT2D eigenvalue weighted by Crippen LogP contribution is 2.23. The Morgan fingerprint density at radius 1 is 1.26 bits per heavy atom. The third-order valence-corrected chi connectivity index (χ3v) is 3.44. The highest BCUT2D eigenvalue weighted by atomic mass is 16.2. The van der Waals surface area contributed by atoms with Crippen molar-refractivity contribution in [1.29, 1.82) is 0 Å². The molecule has 1 aliphatic rings. The molecule has 1 aliphatic heterocycles. The fourth-order valence-corrected chi connectivity index (χ4v) is 2.30. The van der Waals surface area contributed by atoms with Crippen LogP contribution in [0.5, 0.6) is 0 Å². The highest BCUT2D eigenvalue weighted by Gasteiger charge is 2.47. The van der Waals surface area contributed by atoms with Crippen LogP contribution in [0.1, 0.15) is 52.4 Å². The van der Waals surface area contributed by atoms with Crippen LogP contribution in [0, 0.1) is 0 Å². The molecule has 1 saturated heterocycles. The maximum atomic E-state index is 12.1. The molecule has 1 fully saturated rings. The number of nitrogens with two attached hydrogens (primary N) is 1. The van der Waals surface area contributed by atoms with Gasteiger partial charge in [0, 0.05) is 0 Å². The lowest BCUT2D eigenvalue weighted by Crippen LogP contribution is -2.44. The Labute approximate surface area is 113 Å². The predicted octanol–water partition coefficient (Wildman–Crippen LogP) is 1.14. The van der Waals surface area contributed by atoms with Gasteiger partial charge >= 0.3 is 6.03 Å². The Morgan fingerprint density at radius 2 is 1.89 bits per heavy atom. The normalized spacial score (nSPS) is 22.7. The van der Waals surface area contributed by atoms with Crippen LogP contribution in [0.15, 0.2) is 0 Å². The number of amides is 4. The fraction of sp³-hybridized carbons (Fsp3) is 0.769. The number of carbonyl (C=O) groups is 3. The third-order valence-electron chi connectivity index (χ3n) is 3.44. The first-order valence-corrected chi connectivity index (χ1v) is 6.83. The number of imide groups is 1. The summed E-state index contributed by atoms with van der Waals surface area (Å²) in [6.07, 6.45) is 6.01. The molecule has 4 amide bonds. The van der Waals surface area contributed by atoms with E-state index in [0.29, 0.717) is 6.42 Å². The van der Waals surface area contributed by atoms with E-state index in [4.69, 9.17) is 5.73 Å². The smallest absolute Gasteiger partial charge is 0.325 e. The van der Waals surface area contributed by atoms with Crippen molar-refractivity contribution in [2.45, 2.75) is 57.9 Å². The first kappa shape index (κ1) is 15.5. The van der Waals surface area contributed by atoms with E-state index < -0.39 is 17.5 Å². The molecular weight excluding hydrogens is 246 g/mol. The Kier molecular flexibility index (Phi) is 5.32. The molecule has 0 radical (unpaired) electrons. The van der Waals surface area contributed by atoms with Gasteiger partial charge in [-0.05, 0) is 13.3 Å². The number of urea groups is 1. The Balaban J connectivity index is 2.51. The first-order valence-electron chi connectivity index (χ1n) is 6.83. The molecule has 3 N–H and O–H groups in total. The van der Waals surface area contributed by atoms with E-state index in [1.165, 1.54) is 12.8 Å². The predicted molar refractivity (Wildman–Crippen MR) is 71.2 cm³/mol. The van der Waals surface area contributed by atoms with Gasteiger partial charge in [-0.25, -0.2) is 4.79 Å². The van der Waals surface area contributed by atoms with E-state index in [1.807, 2.05) is 0 Å². The molecule has 6 heteroatoms. The Hall–Kier alpha value is -1.59. The minimum Gasteiger partial charge on any atom is -0.368 e. The van der Waals surface area contributed by atoms with Gasteiger partial charge in [-0.1, -0.05) is 39.0 Å². The third kappa shape index (κ3) is 3.94. The molecule has 0 spiro atoms. The maximum absolute atomic E-state index is 12.1. The summed E-state index contributed by atoms with van der Waals surface area (Å²) in [5.74, 6) is -1.04. The zero-order chi connectivity index (χ0) is 14.5. The summed E-state index contributed by atoms with van der Waals surface area (Å²) in [7, 11) is 0. The second-order valence-electron chi connectivity index (χ2n) is 5.28. The van der Waals surface area contributed by atoms with Crippen LogP contribution >= 0.6 is 0 Å². The summed E-state index contributed by atoms with van der Waals surface area (Å²) in [6, 6.07) is -0.528. The summed E-state index contributed by atoms with van der Waals surface area (Å²) in [5, 5.41) is 2.66. The van der Waals surface area contributed by atoms with Crippen molar-refractivity contribution >= 4 is 17.8 Å². The molecule has 0 aromatic rings. The van der Waals surface area contributed by atoms with Crippen molar-refractivity contribution in [3.8, 4) is 0 Å². The molecule has 6 nitrogen and oxygen atoms in total. The second-order valence-corrected chi connectivity index (χ2v) is 5.28. The van der Waals surface area contributed by atoms with Gasteiger partial charge < -0.3 is 11.1 Å². The summed E-state index contributed by atoms with van der Waals surface area (Å²) >= 11 is 0. The molecule has 0 aliphatic carbocycles. The lowest BCUT2D eigenvalue weighted by Gasteiger charge is -2.21. The zero-order valence-electron chi connectivity index (χ0n) is 11.7. The molecule has 0 unspecified atom stereocenters. The second kappa shape index (κ2) is 6.54. The Morgan fingerprint density at radius 3 is 2.47 bits per heavy atom. The lowest BCUT2D eigenvalue weighted by molar-refractivity contribution is -0.134. The van der Waals surface area contributed by atoms with Gasteiger partial charge in [0.15, 0.2) is 0 Å². The van der Waals surface area contributed by atoms with Gasteiger partial charge in [-0.2, -0.15) is 0 Å². The quantitative estimate of drug-likeness (QED) is 0.511. The number of nitrogens with one attached hydrogen (secondary N) is 1. The van der Waals surface area contributed by atoms with E-state index in [1.54, 1.807) is 6.92 Å². The fourth-order valence-electron chi connectivity index (χ4n) is 2.30. The van der Waals surface area contributed by atoms with Crippen LogP contribution in [0.25, 0.3) is 0 Å². The molecule has 1 atom stereocenters. The number of carbonyl (C=O) groups excluding carboxylic acids is 3. The standard InChI is InChI=1S/C13H23N3O3/c1-3-4-5-6-7-8-13(2)11(18)16(9-10(14)17)12(19)15-13/h3-9H2,1-2H3,(H2,14,17)(H,15,19)/t13-/m1/s1. The van der Waals surface area contributed by atoms with Gasteiger partial charge in [0.1, 0.15) is 12.1 Å². The van der Waals surface area contributed by atoms with Gasteiger partial charge in [-0.3, -0.25) is 14.5 Å². The van der Waals surface area contributed by atoms with Gasteiger partial charge in [0.25, 0.3) is 5.91 Å². The molecule has 108 valence electrons. The number of rotatable bonds is 8. The van der Waals surface area contributed by atoms with Crippen LogP contribution in [-0.4, -0.2) is 34.8 Å². The number of unbranched alkanes of at least 4 members (excludes halogenated alkanes) is 4. The maximum Gasteiger partial charge on any atom is 0.325 e. The zero-order valence-corrected chi connectivity index (χ0v) is 11.7. The molecular formula is C13H23N3O3. The van der Waals surface area contributed by atoms with E-state index in [0.717, 1.165) is 24.2 Å². The van der Waals surface area contributed by atoms with Crippen molar-refractivity contribution in [2.24, 2.45) is 5.73 Å². The van der Waals surface area contributed by atoms with Gasteiger partial charge in [0.2, 0.25) is 5.91 Å². The topological polar surface area (TPSA) is 92.5 Å². The summed E-state index contributed by atoms with van der Waals surface area (Å²) in [6.45, 7) is 3.49. The van der Waals surface area contributed by atoms with Gasteiger partial charge in [-0.15, -0.1) is 0 Å². The number of nitrogens with zero attached hydrogens (tertiary/aromatic N) is 1. The molecule has 0 bridgehead atoms. The monoisotopic (exact) mass is 269 g/mol. The summed E-state index contributed by atoms with van der Waals surface area (Å²) < 4.78 is 0. The molecule has 19 heavy (non-hydrogen) atoms. The minimum atomic E-state index is -0.890. The van der Waals surface area contributed by atoms with Crippen molar-refractivity contribution in [3.63, 3.8) is 0 Å². The largest absolute Gasteiger partial charge is 0.368 e.